The molecule has 2 N–H and O–H groups in total. The maximum absolute atomic E-state index is 11.5. The van der Waals surface area contributed by atoms with Crippen LogP contribution in [-0.2, 0) is 10.0 Å². The molecule has 0 saturated carbocycles. The molecule has 0 aliphatic heterocycles. The highest BCUT2D eigenvalue weighted by molar-refractivity contribution is 7.92. The minimum Gasteiger partial charge on any atom is -0.317 e. The first kappa shape index (κ1) is 12.5. The molecule has 0 aliphatic rings. The van der Waals surface area contributed by atoms with E-state index in [1.165, 1.54) is 11.3 Å². The Labute approximate surface area is 94.8 Å². The van der Waals surface area contributed by atoms with Gasteiger partial charge in [0.25, 0.3) is 0 Å². The smallest absolute Gasteiger partial charge is 0.232 e. The molecular formula is C9H16N2O2S2. The summed E-state index contributed by atoms with van der Waals surface area (Å²) in [5, 5.41) is 6.71. The third-order valence-corrected chi connectivity index (χ3v) is 3.87. The van der Waals surface area contributed by atoms with Gasteiger partial charge in [0, 0.05) is 5.38 Å². The fourth-order valence-electron chi connectivity index (χ4n) is 1.12. The number of sulfonamides is 1. The fraction of sp³-hybridized carbons (Fsp3) is 0.556. The lowest BCUT2D eigenvalue weighted by Crippen LogP contribution is -2.21. The van der Waals surface area contributed by atoms with Gasteiger partial charge in [-0.05, 0) is 31.0 Å². The van der Waals surface area contributed by atoms with Gasteiger partial charge >= 0.3 is 0 Å². The van der Waals surface area contributed by atoms with Gasteiger partial charge < -0.3 is 5.32 Å². The van der Waals surface area contributed by atoms with Gasteiger partial charge in [0.2, 0.25) is 10.0 Å². The summed E-state index contributed by atoms with van der Waals surface area (Å²) < 4.78 is 25.6. The summed E-state index contributed by atoms with van der Waals surface area (Å²) in [6.45, 7) is 3.61. The average Bonchev–Trinajstić information content (AvgIpc) is 2.64. The summed E-state index contributed by atoms with van der Waals surface area (Å²) >= 11 is 1.47. The van der Waals surface area contributed by atoms with Crippen molar-refractivity contribution in [2.75, 3.05) is 23.6 Å². The van der Waals surface area contributed by atoms with Crippen molar-refractivity contribution in [1.29, 1.82) is 0 Å². The van der Waals surface area contributed by atoms with Crippen LogP contribution in [0, 0.1) is 0 Å². The monoisotopic (exact) mass is 248 g/mol. The minimum absolute atomic E-state index is 0.163. The molecule has 0 unspecified atom stereocenters. The summed E-state index contributed by atoms with van der Waals surface area (Å²) in [5.74, 6) is 0.163. The molecule has 0 radical (unpaired) electrons. The molecule has 0 spiro atoms. The number of hydrogen-bond acceptors (Lipinski definition) is 4. The Bertz CT molecular complexity index is 359. The summed E-state index contributed by atoms with van der Waals surface area (Å²) in [5.41, 5.74) is 0.656. The zero-order valence-electron chi connectivity index (χ0n) is 8.69. The third-order valence-electron chi connectivity index (χ3n) is 1.81. The lowest BCUT2D eigenvalue weighted by Gasteiger charge is -2.05. The van der Waals surface area contributed by atoms with Crippen LogP contribution in [0.1, 0.15) is 13.3 Å². The number of anilines is 1. The van der Waals surface area contributed by atoms with E-state index in [9.17, 15) is 8.42 Å². The molecule has 15 heavy (non-hydrogen) atoms. The highest BCUT2D eigenvalue weighted by atomic mass is 32.2. The van der Waals surface area contributed by atoms with E-state index in [1.807, 2.05) is 12.3 Å². The quantitative estimate of drug-likeness (QED) is 0.719. The molecule has 0 atom stereocenters. The van der Waals surface area contributed by atoms with Crippen molar-refractivity contribution < 1.29 is 8.42 Å². The molecular weight excluding hydrogens is 232 g/mol. The van der Waals surface area contributed by atoms with Crippen molar-refractivity contribution in [2.24, 2.45) is 0 Å². The van der Waals surface area contributed by atoms with E-state index in [1.54, 1.807) is 11.4 Å². The standard InChI is InChI=1S/C9H16N2O2S2/c1-2-10-5-3-7-15(12,13)11-9-4-6-14-8-9/h4,6,8,10-11H,2-3,5,7H2,1H3. The second-order valence-electron chi connectivity index (χ2n) is 3.14. The van der Waals surface area contributed by atoms with Gasteiger partial charge in [-0.25, -0.2) is 8.42 Å². The van der Waals surface area contributed by atoms with Crippen molar-refractivity contribution in [2.45, 2.75) is 13.3 Å². The van der Waals surface area contributed by atoms with Crippen LogP contribution in [0.4, 0.5) is 5.69 Å². The van der Waals surface area contributed by atoms with Crippen LogP contribution in [0.25, 0.3) is 0 Å². The van der Waals surface area contributed by atoms with Gasteiger partial charge in [0.15, 0.2) is 0 Å². The van der Waals surface area contributed by atoms with E-state index in [0.717, 1.165) is 13.1 Å². The van der Waals surface area contributed by atoms with E-state index in [0.29, 0.717) is 12.1 Å². The Morgan fingerprint density at radius 2 is 2.27 bits per heavy atom. The number of rotatable bonds is 7. The molecule has 4 nitrogen and oxygen atoms in total. The average molecular weight is 248 g/mol. The van der Waals surface area contributed by atoms with Gasteiger partial charge in [0.1, 0.15) is 0 Å². The van der Waals surface area contributed by atoms with Gasteiger partial charge in [-0.1, -0.05) is 6.92 Å². The summed E-state index contributed by atoms with van der Waals surface area (Å²) in [6.07, 6.45) is 0.632. The van der Waals surface area contributed by atoms with Crippen LogP contribution in [0.5, 0.6) is 0 Å². The number of nitrogens with one attached hydrogen (secondary N) is 2. The molecule has 1 aromatic rings. The molecule has 1 rings (SSSR count). The lowest BCUT2D eigenvalue weighted by molar-refractivity contribution is 0.595. The summed E-state index contributed by atoms with van der Waals surface area (Å²) in [4.78, 5) is 0. The SMILES string of the molecule is CCNCCCS(=O)(=O)Nc1ccsc1. The van der Waals surface area contributed by atoms with E-state index >= 15 is 0 Å². The normalized spacial score (nSPS) is 11.5. The zero-order chi connectivity index (χ0) is 11.1. The predicted octanol–water partition coefficient (Wildman–Crippen LogP) is 1.49. The van der Waals surface area contributed by atoms with E-state index in [2.05, 4.69) is 10.0 Å². The minimum atomic E-state index is -3.17. The second-order valence-corrected chi connectivity index (χ2v) is 5.76. The summed E-state index contributed by atoms with van der Waals surface area (Å²) in [6, 6.07) is 1.76. The Balaban J connectivity index is 2.33. The molecule has 6 heteroatoms. The van der Waals surface area contributed by atoms with Crippen LogP contribution in [-0.4, -0.2) is 27.3 Å². The van der Waals surface area contributed by atoms with Crippen LogP contribution < -0.4 is 10.0 Å². The molecule has 0 fully saturated rings. The molecule has 1 heterocycles. The second kappa shape index (κ2) is 6.09. The Morgan fingerprint density at radius 1 is 1.47 bits per heavy atom. The van der Waals surface area contributed by atoms with Gasteiger partial charge in [-0.2, -0.15) is 11.3 Å². The lowest BCUT2D eigenvalue weighted by atomic mass is 10.5. The van der Waals surface area contributed by atoms with Crippen LogP contribution >= 0.6 is 11.3 Å². The highest BCUT2D eigenvalue weighted by Crippen LogP contribution is 2.13. The largest absolute Gasteiger partial charge is 0.317 e. The fourth-order valence-corrected chi connectivity index (χ4v) is 2.89. The topological polar surface area (TPSA) is 58.2 Å². The molecule has 0 aromatic carbocycles. The summed E-state index contributed by atoms with van der Waals surface area (Å²) in [7, 11) is -3.17. The first-order chi connectivity index (χ1) is 7.14. The molecule has 0 aliphatic carbocycles. The van der Waals surface area contributed by atoms with Gasteiger partial charge in [0.05, 0.1) is 11.4 Å². The Kier molecular flexibility index (Phi) is 5.07. The molecule has 1 aromatic heterocycles. The van der Waals surface area contributed by atoms with Crippen LogP contribution in [0.3, 0.4) is 0 Å². The number of thiophene rings is 1. The Hall–Kier alpha value is -0.590. The molecule has 0 saturated heterocycles. The third kappa shape index (κ3) is 5.15. The maximum atomic E-state index is 11.5. The highest BCUT2D eigenvalue weighted by Gasteiger charge is 2.09. The van der Waals surface area contributed by atoms with E-state index < -0.39 is 10.0 Å². The van der Waals surface area contributed by atoms with Crippen molar-refractivity contribution in [3.05, 3.63) is 16.8 Å². The van der Waals surface area contributed by atoms with Crippen molar-refractivity contribution >= 4 is 27.0 Å². The van der Waals surface area contributed by atoms with Crippen molar-refractivity contribution in [1.82, 2.24) is 5.32 Å². The molecule has 86 valence electrons. The van der Waals surface area contributed by atoms with Crippen molar-refractivity contribution in [3.63, 3.8) is 0 Å². The van der Waals surface area contributed by atoms with Gasteiger partial charge in [-0.15, -0.1) is 0 Å². The van der Waals surface area contributed by atoms with Gasteiger partial charge in [-0.3, -0.25) is 4.72 Å². The zero-order valence-corrected chi connectivity index (χ0v) is 10.3. The maximum Gasteiger partial charge on any atom is 0.232 e. The number of hydrogen-bond donors (Lipinski definition) is 2. The van der Waals surface area contributed by atoms with E-state index in [-0.39, 0.29) is 5.75 Å². The molecule has 0 amide bonds. The first-order valence-electron chi connectivity index (χ1n) is 4.87. The Morgan fingerprint density at radius 3 is 2.87 bits per heavy atom. The van der Waals surface area contributed by atoms with E-state index in [4.69, 9.17) is 0 Å². The molecule has 0 bridgehead atoms. The van der Waals surface area contributed by atoms with Crippen LogP contribution in [0.2, 0.25) is 0 Å². The van der Waals surface area contributed by atoms with Crippen LogP contribution in [0.15, 0.2) is 16.8 Å². The first-order valence-corrected chi connectivity index (χ1v) is 7.47. The van der Waals surface area contributed by atoms with Crippen molar-refractivity contribution in [3.8, 4) is 0 Å². The predicted molar refractivity (Wildman–Crippen MR) is 64.9 cm³/mol.